The average molecular weight is 648 g/mol. The Morgan fingerprint density at radius 1 is 0.523 bits per heavy atom. The monoisotopic (exact) mass is 647 g/mol. The molecule has 0 atom stereocenters. The lowest BCUT2D eigenvalue weighted by atomic mass is 10.1. The third kappa shape index (κ3) is 16.3. The van der Waals surface area contributed by atoms with Crippen LogP contribution in [0.3, 0.4) is 0 Å². The molecule has 11 nitrogen and oxygen atoms in total. The van der Waals surface area contributed by atoms with E-state index in [0.29, 0.717) is 78.8 Å². The van der Waals surface area contributed by atoms with Gasteiger partial charge in [0, 0.05) is 0 Å². The van der Waals surface area contributed by atoms with E-state index in [1.807, 2.05) is 0 Å². The van der Waals surface area contributed by atoms with Gasteiger partial charge in [0.15, 0.2) is 0 Å². The summed E-state index contributed by atoms with van der Waals surface area (Å²) in [6.07, 6.45) is 1.95. The number of esters is 1. The zero-order valence-electron chi connectivity index (χ0n) is 24.7. The highest BCUT2D eigenvalue weighted by molar-refractivity contribution is 5.72. The number of carbonyl (C=O) groups excluding carboxylic acids is 1. The Bertz CT molecular complexity index is 898. The summed E-state index contributed by atoms with van der Waals surface area (Å²) >= 11 is 0. The van der Waals surface area contributed by atoms with Gasteiger partial charge in [0.05, 0.1) is 112 Å². The van der Waals surface area contributed by atoms with Crippen LogP contribution in [0.15, 0.2) is 0 Å². The Labute approximate surface area is 253 Å². The lowest BCUT2D eigenvalue weighted by Crippen LogP contribution is -2.33. The Balaban J connectivity index is 1.26. The molecule has 2 rings (SSSR count). The van der Waals surface area contributed by atoms with Crippen LogP contribution in [0.1, 0.15) is 19.3 Å². The maximum Gasteiger partial charge on any atom is 0.313 e. The van der Waals surface area contributed by atoms with E-state index in [4.69, 9.17) is 37.9 Å². The van der Waals surface area contributed by atoms with Crippen molar-refractivity contribution in [3.05, 3.63) is 29.1 Å². The third-order valence-electron chi connectivity index (χ3n) is 5.94. The molecule has 1 aromatic rings. The lowest BCUT2D eigenvalue weighted by Gasteiger charge is -2.22. The van der Waals surface area contributed by atoms with E-state index in [-0.39, 0.29) is 26.4 Å². The Hall–Kier alpha value is -2.02. The van der Waals surface area contributed by atoms with E-state index in [2.05, 4.69) is 10.1 Å². The number of nitrogens with one attached hydrogen (secondary N) is 1. The van der Waals surface area contributed by atoms with Crippen molar-refractivity contribution in [3.8, 4) is 5.75 Å². The van der Waals surface area contributed by atoms with Crippen molar-refractivity contribution in [2.24, 2.45) is 0 Å². The fraction of sp³-hybridized carbons (Fsp3) is 0.750. The molecule has 1 fully saturated rings. The van der Waals surface area contributed by atoms with Gasteiger partial charge in [0.25, 0.3) is 0 Å². The number of halogens is 5. The van der Waals surface area contributed by atoms with E-state index in [1.165, 1.54) is 0 Å². The summed E-state index contributed by atoms with van der Waals surface area (Å²) in [5.41, 5.74) is 0. The molecule has 0 amide bonds. The second-order valence-electron chi connectivity index (χ2n) is 9.23. The lowest BCUT2D eigenvalue weighted by molar-refractivity contribution is -0.136. The zero-order valence-corrected chi connectivity index (χ0v) is 24.7. The summed E-state index contributed by atoms with van der Waals surface area (Å²) in [5, 5.41) is 3.30. The number of hydrogen-bond donors (Lipinski definition) is 1. The molecule has 0 aliphatic carbocycles. The third-order valence-corrected chi connectivity index (χ3v) is 5.94. The minimum atomic E-state index is -2.34. The molecule has 44 heavy (non-hydrogen) atoms. The normalized spacial score (nSPS) is 13.9. The molecule has 0 saturated carbocycles. The van der Waals surface area contributed by atoms with Gasteiger partial charge in [-0.2, -0.15) is 8.78 Å². The summed E-state index contributed by atoms with van der Waals surface area (Å²) in [6, 6.07) is 0. The van der Waals surface area contributed by atoms with Gasteiger partial charge >= 0.3 is 5.97 Å². The highest BCUT2D eigenvalue weighted by Crippen LogP contribution is 2.29. The van der Waals surface area contributed by atoms with Crippen LogP contribution < -0.4 is 10.1 Å². The molecule has 1 aliphatic rings. The molecule has 0 radical (unpaired) electrons. The first-order valence-corrected chi connectivity index (χ1v) is 14.5. The standard InChI is InChI=1S/C28H42F5NO10/c29-23-24(30)26(32)28(27(33)25(23)31)44-22(35)3-6-36-7-8-37-9-10-38-11-12-39-13-14-40-15-16-41-17-18-42-19-20-43-21-1-4-34-5-2-21/h21,34H,1-20H2. The van der Waals surface area contributed by atoms with Gasteiger partial charge in [-0.1, -0.05) is 0 Å². The molecule has 1 N–H and O–H groups in total. The minimum absolute atomic E-state index is 0.0892. The van der Waals surface area contributed by atoms with Crippen LogP contribution >= 0.6 is 0 Å². The summed E-state index contributed by atoms with van der Waals surface area (Å²) in [5.74, 6) is -14.1. The summed E-state index contributed by atoms with van der Waals surface area (Å²) in [7, 11) is 0. The molecule has 1 aliphatic heterocycles. The van der Waals surface area contributed by atoms with Gasteiger partial charge in [-0.3, -0.25) is 4.79 Å². The number of rotatable bonds is 26. The molecule has 1 heterocycles. The Morgan fingerprint density at radius 2 is 0.864 bits per heavy atom. The zero-order chi connectivity index (χ0) is 31.8. The van der Waals surface area contributed by atoms with Gasteiger partial charge in [0.1, 0.15) is 0 Å². The number of benzene rings is 1. The van der Waals surface area contributed by atoms with Crippen LogP contribution in [0.5, 0.6) is 5.75 Å². The first-order chi connectivity index (χ1) is 21.4. The van der Waals surface area contributed by atoms with Crippen LogP contribution in [-0.2, 0) is 42.7 Å². The largest absolute Gasteiger partial charge is 0.420 e. The fourth-order valence-electron chi connectivity index (χ4n) is 3.65. The van der Waals surface area contributed by atoms with E-state index < -0.39 is 47.2 Å². The number of ether oxygens (including phenoxy) is 9. The fourth-order valence-corrected chi connectivity index (χ4v) is 3.65. The van der Waals surface area contributed by atoms with Gasteiger partial charge in [-0.05, 0) is 25.9 Å². The van der Waals surface area contributed by atoms with Crippen molar-refractivity contribution in [2.45, 2.75) is 25.4 Å². The van der Waals surface area contributed by atoms with Crippen molar-refractivity contribution in [2.75, 3.05) is 112 Å². The van der Waals surface area contributed by atoms with Crippen molar-refractivity contribution in [1.82, 2.24) is 5.32 Å². The summed E-state index contributed by atoms with van der Waals surface area (Å²) in [4.78, 5) is 11.6. The summed E-state index contributed by atoms with van der Waals surface area (Å²) in [6.45, 7) is 7.40. The molecule has 0 spiro atoms. The Kier molecular flexibility index (Phi) is 21.0. The molecule has 16 heteroatoms. The molecular formula is C28H42F5NO10. The van der Waals surface area contributed by atoms with Gasteiger partial charge in [-0.25, -0.2) is 13.2 Å². The van der Waals surface area contributed by atoms with Crippen LogP contribution in [0.4, 0.5) is 22.0 Å². The quantitative estimate of drug-likeness (QED) is 0.0400. The smallest absolute Gasteiger partial charge is 0.313 e. The van der Waals surface area contributed by atoms with Crippen LogP contribution in [-0.4, -0.2) is 124 Å². The molecule has 0 aromatic heterocycles. The van der Waals surface area contributed by atoms with E-state index >= 15 is 0 Å². The predicted molar refractivity (Wildman–Crippen MR) is 144 cm³/mol. The van der Waals surface area contributed by atoms with Crippen molar-refractivity contribution < 1.29 is 69.4 Å². The van der Waals surface area contributed by atoms with Crippen molar-refractivity contribution in [3.63, 3.8) is 0 Å². The predicted octanol–water partition coefficient (Wildman–Crippen LogP) is 2.56. The van der Waals surface area contributed by atoms with Gasteiger partial charge < -0.3 is 47.9 Å². The number of hydrogen-bond acceptors (Lipinski definition) is 11. The van der Waals surface area contributed by atoms with Crippen LogP contribution in [0.2, 0.25) is 0 Å². The highest BCUT2D eigenvalue weighted by Gasteiger charge is 2.28. The van der Waals surface area contributed by atoms with E-state index in [1.54, 1.807) is 0 Å². The minimum Gasteiger partial charge on any atom is -0.420 e. The second-order valence-corrected chi connectivity index (χ2v) is 9.23. The van der Waals surface area contributed by atoms with Crippen LogP contribution in [0.25, 0.3) is 0 Å². The van der Waals surface area contributed by atoms with Gasteiger partial charge in [0.2, 0.25) is 34.8 Å². The number of carbonyl (C=O) groups is 1. The van der Waals surface area contributed by atoms with E-state index in [0.717, 1.165) is 25.9 Å². The highest BCUT2D eigenvalue weighted by atomic mass is 19.2. The molecule has 0 unspecified atom stereocenters. The molecule has 1 saturated heterocycles. The number of piperidine rings is 1. The average Bonchev–Trinajstić information content (AvgIpc) is 3.03. The molecule has 254 valence electrons. The summed E-state index contributed by atoms with van der Waals surface area (Å²) < 4.78 is 114. The molecule has 1 aromatic carbocycles. The van der Waals surface area contributed by atoms with Gasteiger partial charge in [-0.15, -0.1) is 0 Å². The van der Waals surface area contributed by atoms with Crippen molar-refractivity contribution >= 4 is 5.97 Å². The molecular weight excluding hydrogens is 605 g/mol. The van der Waals surface area contributed by atoms with Crippen molar-refractivity contribution in [1.29, 1.82) is 0 Å². The Morgan fingerprint density at radius 3 is 1.27 bits per heavy atom. The first kappa shape index (κ1) is 38.2. The van der Waals surface area contributed by atoms with Crippen LogP contribution in [0, 0.1) is 29.1 Å². The first-order valence-electron chi connectivity index (χ1n) is 14.5. The molecule has 0 bridgehead atoms. The topological polar surface area (TPSA) is 112 Å². The maximum atomic E-state index is 13.5. The maximum absolute atomic E-state index is 13.5. The SMILES string of the molecule is O=C(CCOCCOCCOCCOCCOCCOCCOCCOC1CCNCC1)Oc1c(F)c(F)c(F)c(F)c1F. The van der Waals surface area contributed by atoms with E-state index in [9.17, 15) is 26.7 Å². The second kappa shape index (κ2) is 24.2.